The van der Waals surface area contributed by atoms with Gasteiger partial charge in [0.2, 0.25) is 5.82 Å². The van der Waals surface area contributed by atoms with Crippen molar-refractivity contribution in [2.24, 2.45) is 5.73 Å². The molecule has 0 bridgehead atoms. The van der Waals surface area contributed by atoms with Gasteiger partial charge < -0.3 is 25.6 Å². The molecular weight excluding hydrogens is 358 g/mol. The van der Waals surface area contributed by atoms with Crippen LogP contribution in [0.4, 0.5) is 8.78 Å². The summed E-state index contributed by atoms with van der Waals surface area (Å²) in [6.45, 7) is 2.91. The lowest BCUT2D eigenvalue weighted by molar-refractivity contribution is -0.122. The fourth-order valence-electron chi connectivity index (χ4n) is 2.95. The zero-order valence-electron chi connectivity index (χ0n) is 15.0. The molecule has 0 aliphatic carbocycles. The van der Waals surface area contributed by atoms with E-state index in [0.717, 1.165) is 17.2 Å². The Morgan fingerprint density at radius 1 is 1.33 bits per heavy atom. The maximum atomic E-state index is 13.8. The highest BCUT2D eigenvalue weighted by atomic mass is 19.2. The monoisotopic (exact) mass is 380 g/mol. The average molecular weight is 380 g/mol. The number of methoxy groups -OCH3 is 1. The normalized spacial score (nSPS) is 21.7. The smallest absolute Gasteiger partial charge is 0.290 e. The second kappa shape index (κ2) is 8.90. The number of ether oxygens (including phenoxy) is 2. The molecule has 1 aliphatic heterocycles. The van der Waals surface area contributed by atoms with E-state index in [2.05, 4.69) is 5.32 Å². The van der Waals surface area contributed by atoms with Crippen LogP contribution in [0.25, 0.3) is 11.1 Å². The summed E-state index contributed by atoms with van der Waals surface area (Å²) < 4.78 is 38.2. The largest absolute Gasteiger partial charge is 0.494 e. The van der Waals surface area contributed by atoms with E-state index in [1.165, 1.54) is 13.2 Å². The Kier molecular flexibility index (Phi) is 6.84. The van der Waals surface area contributed by atoms with Gasteiger partial charge in [-0.3, -0.25) is 4.79 Å². The Morgan fingerprint density at radius 3 is 2.67 bits per heavy atom. The van der Waals surface area contributed by atoms with Gasteiger partial charge in [0, 0.05) is 13.1 Å². The van der Waals surface area contributed by atoms with Gasteiger partial charge in [-0.2, -0.15) is 4.39 Å². The van der Waals surface area contributed by atoms with Gasteiger partial charge in [-0.1, -0.05) is 18.2 Å². The summed E-state index contributed by atoms with van der Waals surface area (Å²) in [5.41, 5.74) is 7.48. The summed E-state index contributed by atoms with van der Waals surface area (Å²) in [6.07, 6.45) is -0.393. The quantitative estimate of drug-likeness (QED) is 0.709. The highest BCUT2D eigenvalue weighted by Crippen LogP contribution is 2.33. The van der Waals surface area contributed by atoms with Crippen LogP contribution in [0, 0.1) is 11.6 Å². The summed E-state index contributed by atoms with van der Waals surface area (Å²) >= 11 is 0. The van der Waals surface area contributed by atoms with Crippen molar-refractivity contribution >= 4 is 6.47 Å². The van der Waals surface area contributed by atoms with Crippen molar-refractivity contribution < 1.29 is 28.2 Å². The van der Waals surface area contributed by atoms with E-state index in [0.29, 0.717) is 18.7 Å². The van der Waals surface area contributed by atoms with Crippen molar-refractivity contribution in [2.75, 3.05) is 20.2 Å². The number of halogens is 2. The number of carbonyl (C=O) groups is 1. The van der Waals surface area contributed by atoms with Gasteiger partial charge in [-0.05, 0) is 41.8 Å². The summed E-state index contributed by atoms with van der Waals surface area (Å²) in [4.78, 5) is 8.36. The zero-order chi connectivity index (χ0) is 20.0. The molecule has 2 aromatic carbocycles. The van der Waals surface area contributed by atoms with Crippen LogP contribution in [0.1, 0.15) is 12.5 Å². The van der Waals surface area contributed by atoms with Crippen molar-refractivity contribution in [3.05, 3.63) is 53.6 Å². The second-order valence-corrected chi connectivity index (χ2v) is 6.18. The van der Waals surface area contributed by atoms with Crippen molar-refractivity contribution in [2.45, 2.75) is 18.8 Å². The first-order valence-electron chi connectivity index (χ1n) is 8.20. The van der Waals surface area contributed by atoms with Gasteiger partial charge in [-0.25, -0.2) is 4.39 Å². The molecule has 0 spiro atoms. The maximum Gasteiger partial charge on any atom is 0.290 e. The SMILES string of the molecule is COc1cc(-c2cccc(C3(C)CNCC(N)O3)c2)cc(F)c1F.O=CO. The van der Waals surface area contributed by atoms with E-state index in [4.69, 9.17) is 25.1 Å². The fraction of sp³-hybridized carbons (Fsp3) is 0.316. The number of morpholine rings is 1. The molecule has 0 aromatic heterocycles. The summed E-state index contributed by atoms with van der Waals surface area (Å²) in [7, 11) is 1.31. The Bertz CT molecular complexity index is 803. The molecule has 4 N–H and O–H groups in total. The second-order valence-electron chi connectivity index (χ2n) is 6.18. The molecule has 1 fully saturated rings. The minimum atomic E-state index is -0.991. The third-order valence-corrected chi connectivity index (χ3v) is 4.24. The van der Waals surface area contributed by atoms with E-state index in [-0.39, 0.29) is 12.2 Å². The van der Waals surface area contributed by atoms with Crippen LogP contribution < -0.4 is 15.8 Å². The number of carboxylic acid groups (broad SMARTS) is 1. The maximum absolute atomic E-state index is 13.8. The van der Waals surface area contributed by atoms with Gasteiger partial charge in [0.05, 0.1) is 7.11 Å². The number of nitrogens with two attached hydrogens (primary N) is 1. The number of rotatable bonds is 3. The molecule has 1 aliphatic rings. The van der Waals surface area contributed by atoms with Crippen molar-refractivity contribution in [3.8, 4) is 16.9 Å². The standard InChI is InChI=1S/C18H20F2N2O2.CH2O2/c1-18(10-22-9-16(21)24-18)13-5-3-4-11(6-13)12-7-14(19)17(20)15(8-12)23-2;2-1-3/h3-8,16,22H,9-10,21H2,1-2H3;1H,(H,2,3). The number of hydrogen-bond donors (Lipinski definition) is 3. The molecule has 146 valence electrons. The molecule has 2 atom stereocenters. The van der Waals surface area contributed by atoms with Gasteiger partial charge in [0.25, 0.3) is 6.47 Å². The highest BCUT2D eigenvalue weighted by Gasteiger charge is 2.33. The third kappa shape index (κ3) is 4.79. The van der Waals surface area contributed by atoms with Crippen LogP contribution >= 0.6 is 0 Å². The van der Waals surface area contributed by atoms with Crippen LogP contribution in [-0.4, -0.2) is 38.0 Å². The van der Waals surface area contributed by atoms with Crippen molar-refractivity contribution in [1.29, 1.82) is 0 Å². The first-order valence-corrected chi connectivity index (χ1v) is 8.20. The topological polar surface area (TPSA) is 93.8 Å². The van der Waals surface area contributed by atoms with Crippen molar-refractivity contribution in [3.63, 3.8) is 0 Å². The zero-order valence-corrected chi connectivity index (χ0v) is 15.0. The number of hydrogen-bond acceptors (Lipinski definition) is 5. The van der Waals surface area contributed by atoms with E-state index < -0.39 is 23.5 Å². The molecule has 3 rings (SSSR count). The van der Waals surface area contributed by atoms with Crippen LogP contribution in [0.2, 0.25) is 0 Å². The molecule has 8 heteroatoms. The van der Waals surface area contributed by atoms with E-state index in [9.17, 15) is 8.78 Å². The predicted molar refractivity (Wildman–Crippen MR) is 96.3 cm³/mol. The lowest BCUT2D eigenvalue weighted by atomic mass is 9.91. The van der Waals surface area contributed by atoms with Gasteiger partial charge in [0.1, 0.15) is 11.8 Å². The first-order chi connectivity index (χ1) is 12.8. The van der Waals surface area contributed by atoms with Gasteiger partial charge >= 0.3 is 0 Å². The van der Waals surface area contributed by atoms with Crippen LogP contribution in [-0.2, 0) is 15.1 Å². The fourth-order valence-corrected chi connectivity index (χ4v) is 2.95. The molecule has 2 unspecified atom stereocenters. The van der Waals surface area contributed by atoms with Crippen LogP contribution in [0.3, 0.4) is 0 Å². The Hall–Kier alpha value is -2.55. The molecule has 0 saturated carbocycles. The molecule has 0 radical (unpaired) electrons. The predicted octanol–water partition coefficient (Wildman–Crippen LogP) is 2.46. The number of nitrogens with one attached hydrogen (secondary N) is 1. The summed E-state index contributed by atoms with van der Waals surface area (Å²) in [6, 6.07) is 10.1. The van der Waals surface area contributed by atoms with E-state index >= 15 is 0 Å². The summed E-state index contributed by atoms with van der Waals surface area (Å²) in [5, 5.41) is 10.1. The highest BCUT2D eigenvalue weighted by molar-refractivity contribution is 5.66. The molecule has 2 aromatic rings. The minimum Gasteiger partial charge on any atom is -0.494 e. The average Bonchev–Trinajstić information content (AvgIpc) is 2.64. The van der Waals surface area contributed by atoms with E-state index in [1.54, 1.807) is 0 Å². The van der Waals surface area contributed by atoms with Crippen LogP contribution in [0.15, 0.2) is 36.4 Å². The lowest BCUT2D eigenvalue weighted by Gasteiger charge is -2.38. The molecule has 27 heavy (non-hydrogen) atoms. The molecule has 1 heterocycles. The third-order valence-electron chi connectivity index (χ3n) is 4.24. The molecule has 6 nitrogen and oxygen atoms in total. The van der Waals surface area contributed by atoms with Gasteiger partial charge in [-0.15, -0.1) is 0 Å². The minimum absolute atomic E-state index is 0.126. The van der Waals surface area contributed by atoms with Gasteiger partial charge in [0.15, 0.2) is 11.6 Å². The number of benzene rings is 2. The Labute approximate surface area is 155 Å². The Morgan fingerprint density at radius 2 is 2.04 bits per heavy atom. The molecular formula is C19H22F2N2O4. The van der Waals surface area contributed by atoms with Crippen molar-refractivity contribution in [1.82, 2.24) is 5.32 Å². The van der Waals surface area contributed by atoms with E-state index in [1.807, 2.05) is 31.2 Å². The van der Waals surface area contributed by atoms with Crippen LogP contribution in [0.5, 0.6) is 5.75 Å². The molecule has 0 amide bonds. The summed E-state index contributed by atoms with van der Waals surface area (Å²) in [5.74, 6) is -2.06. The first kappa shape index (κ1) is 20.8. The lowest BCUT2D eigenvalue weighted by Crippen LogP contribution is -2.53. The molecule has 1 saturated heterocycles. The Balaban J connectivity index is 0.000000817.